The number of hydrogen-bond donors (Lipinski definition) is 1. The van der Waals surface area contributed by atoms with Gasteiger partial charge in [-0.25, -0.2) is 0 Å². The maximum atomic E-state index is 14.9. The fraction of sp³-hybridized carbons (Fsp3) is 0.333. The summed E-state index contributed by atoms with van der Waals surface area (Å²) in [6.07, 6.45) is -1.90. The fourth-order valence-electron chi connectivity index (χ4n) is 6.06. The molecule has 0 bridgehead atoms. The highest BCUT2D eigenvalue weighted by atomic mass is 19.4. The van der Waals surface area contributed by atoms with E-state index in [1.807, 2.05) is 30.3 Å². The lowest BCUT2D eigenvalue weighted by molar-refractivity contribution is -0.271. The molecular weight excluding hydrogens is 559 g/mol. The van der Waals surface area contributed by atoms with Crippen molar-refractivity contribution in [3.05, 3.63) is 94.7 Å². The number of halogens is 3. The third kappa shape index (κ3) is 5.83. The second-order valence-corrected chi connectivity index (χ2v) is 10.9. The van der Waals surface area contributed by atoms with E-state index in [2.05, 4.69) is 6.07 Å². The summed E-state index contributed by atoms with van der Waals surface area (Å²) < 4.78 is 57.3. The molecule has 1 aromatic heterocycles. The van der Waals surface area contributed by atoms with Crippen LogP contribution in [0.1, 0.15) is 51.4 Å². The van der Waals surface area contributed by atoms with Crippen LogP contribution in [0.2, 0.25) is 0 Å². The molecule has 0 saturated carbocycles. The van der Waals surface area contributed by atoms with Crippen molar-refractivity contribution in [3.63, 3.8) is 0 Å². The maximum absolute atomic E-state index is 14.9. The Morgan fingerprint density at radius 3 is 2.23 bits per heavy atom. The van der Waals surface area contributed by atoms with Crippen LogP contribution >= 0.6 is 0 Å². The van der Waals surface area contributed by atoms with Gasteiger partial charge in [0.15, 0.2) is 0 Å². The molecule has 1 unspecified atom stereocenters. The molecule has 224 valence electrons. The lowest BCUT2D eigenvalue weighted by Crippen LogP contribution is -2.52. The molecule has 1 aliphatic heterocycles. The highest BCUT2D eigenvalue weighted by Gasteiger charge is 2.57. The zero-order chi connectivity index (χ0) is 30.8. The summed E-state index contributed by atoms with van der Waals surface area (Å²) in [6.45, 7) is 0.224. The third-order valence-electron chi connectivity index (χ3n) is 8.27. The van der Waals surface area contributed by atoms with Gasteiger partial charge < -0.3 is 19.1 Å². The first-order valence-electron chi connectivity index (χ1n) is 13.9. The average Bonchev–Trinajstić information content (AvgIpc) is 3.38. The van der Waals surface area contributed by atoms with E-state index in [-0.39, 0.29) is 23.4 Å². The molecule has 43 heavy (non-hydrogen) atoms. The van der Waals surface area contributed by atoms with Crippen LogP contribution in [0.25, 0.3) is 10.9 Å². The Kier molecular flexibility index (Phi) is 8.49. The lowest BCUT2D eigenvalue weighted by Gasteiger charge is -2.39. The Labute approximate surface area is 247 Å². The van der Waals surface area contributed by atoms with Gasteiger partial charge in [-0.1, -0.05) is 36.4 Å². The number of carbonyl (C=O) groups excluding carboxylic acids is 1. The number of carbonyl (C=O) groups is 1. The number of aliphatic hydroxyl groups is 1. The summed E-state index contributed by atoms with van der Waals surface area (Å²) in [5.41, 5.74) is -0.594. The highest BCUT2D eigenvalue weighted by molar-refractivity contribution is 5.86. The summed E-state index contributed by atoms with van der Waals surface area (Å²) in [4.78, 5) is 13.0. The number of piperidine rings is 1. The molecule has 1 aliphatic rings. The molecule has 7 nitrogen and oxygen atoms in total. The van der Waals surface area contributed by atoms with Crippen LogP contribution in [0, 0.1) is 11.3 Å². The van der Waals surface area contributed by atoms with Crippen LogP contribution in [0.5, 0.6) is 11.5 Å². The van der Waals surface area contributed by atoms with Gasteiger partial charge in [-0.05, 0) is 61.7 Å². The van der Waals surface area contributed by atoms with Crippen molar-refractivity contribution in [1.29, 1.82) is 5.26 Å². The molecule has 1 N–H and O–H groups in total. The number of fused-ring (bicyclic) bond motifs is 1. The van der Waals surface area contributed by atoms with E-state index in [4.69, 9.17) is 9.47 Å². The molecule has 5 rings (SSSR count). The second-order valence-electron chi connectivity index (χ2n) is 10.9. The standard InChI is InChI=1S/C33H32F3N3O4/c1-42-29-15-24(20-40)16-30(43-2)31(29)25-10-12-38(13-11-25)21-32(41,33(34,35)36)27-19-39(18-22-6-4-3-5-7-22)28-14-23(17-37)8-9-26(27)28/h3-9,14-16,19-20,25,41H,10-13,18,21H2,1-2H3. The number of nitriles is 1. The smallest absolute Gasteiger partial charge is 0.422 e. The molecular formula is C33H32F3N3O4. The van der Waals surface area contributed by atoms with Gasteiger partial charge in [0.05, 0.1) is 31.4 Å². The predicted octanol–water partition coefficient (Wildman–Crippen LogP) is 6.02. The van der Waals surface area contributed by atoms with Gasteiger partial charge in [-0.15, -0.1) is 0 Å². The lowest BCUT2D eigenvalue weighted by atomic mass is 9.86. The Hall–Kier alpha value is -4.33. The number of likely N-dealkylation sites (tertiary alicyclic amines) is 1. The van der Waals surface area contributed by atoms with E-state index in [1.54, 1.807) is 27.7 Å². The van der Waals surface area contributed by atoms with Gasteiger partial charge in [-0.3, -0.25) is 9.69 Å². The van der Waals surface area contributed by atoms with Crippen molar-refractivity contribution in [1.82, 2.24) is 9.47 Å². The molecule has 0 aliphatic carbocycles. The number of alkyl halides is 3. The van der Waals surface area contributed by atoms with Crippen molar-refractivity contribution in [3.8, 4) is 17.6 Å². The molecule has 10 heteroatoms. The summed E-state index contributed by atoms with van der Waals surface area (Å²) >= 11 is 0. The number of methoxy groups -OCH3 is 2. The number of aromatic nitrogens is 1. The summed E-state index contributed by atoms with van der Waals surface area (Å²) in [5.74, 6) is 0.919. The van der Waals surface area contributed by atoms with Crippen LogP contribution in [-0.2, 0) is 12.1 Å². The van der Waals surface area contributed by atoms with Crippen LogP contribution in [0.4, 0.5) is 13.2 Å². The van der Waals surface area contributed by atoms with E-state index in [0.29, 0.717) is 60.4 Å². The van der Waals surface area contributed by atoms with Gasteiger partial charge in [-0.2, -0.15) is 18.4 Å². The van der Waals surface area contributed by atoms with E-state index in [0.717, 1.165) is 11.1 Å². The van der Waals surface area contributed by atoms with Gasteiger partial charge in [0.25, 0.3) is 0 Å². The van der Waals surface area contributed by atoms with Gasteiger partial charge in [0.1, 0.15) is 17.8 Å². The number of nitrogens with zero attached hydrogens (tertiary/aromatic N) is 3. The Morgan fingerprint density at radius 2 is 1.67 bits per heavy atom. The SMILES string of the molecule is COc1cc(C=O)cc(OC)c1C1CCN(CC(O)(c2cn(Cc3ccccc3)c3cc(C#N)ccc23)C(F)(F)F)CC1. The second kappa shape index (κ2) is 12.1. The van der Waals surface area contributed by atoms with E-state index < -0.39 is 18.3 Å². The Morgan fingerprint density at radius 1 is 1.02 bits per heavy atom. The topological polar surface area (TPSA) is 87.7 Å². The number of β-amino-alcohol motifs (C(OH)–C–C–N with tert-alkyl or cyclic N) is 1. The van der Waals surface area contributed by atoms with E-state index >= 15 is 0 Å². The van der Waals surface area contributed by atoms with Gasteiger partial charge in [0, 0.05) is 41.4 Å². The van der Waals surface area contributed by atoms with Crippen LogP contribution in [-0.4, -0.2) is 60.9 Å². The van der Waals surface area contributed by atoms with Crippen LogP contribution in [0.15, 0.2) is 66.9 Å². The molecule has 0 radical (unpaired) electrons. The minimum absolute atomic E-state index is 0.0713. The summed E-state index contributed by atoms with van der Waals surface area (Å²) in [5, 5.41) is 21.3. The predicted molar refractivity (Wildman–Crippen MR) is 155 cm³/mol. The van der Waals surface area contributed by atoms with E-state index in [1.165, 1.54) is 32.5 Å². The first kappa shape index (κ1) is 30.1. The number of hydrogen-bond acceptors (Lipinski definition) is 6. The van der Waals surface area contributed by atoms with Gasteiger partial charge in [0.2, 0.25) is 5.60 Å². The van der Waals surface area contributed by atoms with Crippen molar-refractivity contribution in [2.75, 3.05) is 33.9 Å². The largest absolute Gasteiger partial charge is 0.496 e. The van der Waals surface area contributed by atoms with Crippen molar-refractivity contribution < 1.29 is 32.5 Å². The van der Waals surface area contributed by atoms with Crippen molar-refractivity contribution in [2.45, 2.75) is 37.1 Å². The van der Waals surface area contributed by atoms with Crippen molar-refractivity contribution in [2.24, 2.45) is 0 Å². The summed E-state index contributed by atoms with van der Waals surface area (Å²) in [7, 11) is 3.00. The number of benzene rings is 3. The zero-order valence-electron chi connectivity index (χ0n) is 23.9. The summed E-state index contributed by atoms with van der Waals surface area (Å²) in [6, 6.07) is 19.1. The van der Waals surface area contributed by atoms with E-state index in [9.17, 15) is 28.3 Å². The van der Waals surface area contributed by atoms with Gasteiger partial charge >= 0.3 is 6.18 Å². The fourth-order valence-corrected chi connectivity index (χ4v) is 6.06. The minimum Gasteiger partial charge on any atom is -0.496 e. The minimum atomic E-state index is -4.97. The number of aldehydes is 1. The molecule has 1 saturated heterocycles. The zero-order valence-corrected chi connectivity index (χ0v) is 23.9. The quantitative estimate of drug-likeness (QED) is 0.240. The molecule has 2 heterocycles. The molecule has 0 spiro atoms. The maximum Gasteiger partial charge on any atom is 0.422 e. The molecule has 1 atom stereocenters. The Bertz CT molecular complexity index is 1630. The third-order valence-corrected chi connectivity index (χ3v) is 8.27. The first-order chi connectivity index (χ1) is 20.6. The van der Waals surface area contributed by atoms with Crippen LogP contribution in [0.3, 0.4) is 0 Å². The normalized spacial score (nSPS) is 16.0. The number of ether oxygens (including phenoxy) is 2. The molecule has 4 aromatic rings. The Balaban J connectivity index is 1.46. The number of rotatable bonds is 9. The highest BCUT2D eigenvalue weighted by Crippen LogP contribution is 2.45. The first-order valence-corrected chi connectivity index (χ1v) is 13.9. The average molecular weight is 592 g/mol. The monoisotopic (exact) mass is 591 g/mol. The van der Waals surface area contributed by atoms with Crippen molar-refractivity contribution >= 4 is 17.2 Å². The molecule has 0 amide bonds. The molecule has 1 fully saturated rings. The molecule has 3 aromatic carbocycles. The van der Waals surface area contributed by atoms with Crippen LogP contribution < -0.4 is 9.47 Å².